The predicted molar refractivity (Wildman–Crippen MR) is 118 cm³/mol. The molecular formula is C22H13Cl2F6N3O3. The Kier molecular flexibility index (Phi) is 7.99. The van der Waals surface area contributed by atoms with Gasteiger partial charge in [-0.25, -0.2) is 9.78 Å². The van der Waals surface area contributed by atoms with Gasteiger partial charge >= 0.3 is 18.4 Å². The Morgan fingerprint density at radius 2 is 1.47 bits per heavy atom. The molecule has 0 atom stereocenters. The summed E-state index contributed by atoms with van der Waals surface area (Å²) in [6.45, 7) is -0.639. The molecule has 0 spiro atoms. The third kappa shape index (κ3) is 7.01. The van der Waals surface area contributed by atoms with Gasteiger partial charge in [0.25, 0.3) is 5.91 Å². The first kappa shape index (κ1) is 27.1. The first-order valence-corrected chi connectivity index (χ1v) is 10.4. The van der Waals surface area contributed by atoms with Gasteiger partial charge in [-0.05, 0) is 42.0 Å². The fourth-order valence-corrected chi connectivity index (χ4v) is 3.41. The summed E-state index contributed by atoms with van der Waals surface area (Å²) in [5.74, 6) is -1.01. The molecule has 0 aliphatic carbocycles. The van der Waals surface area contributed by atoms with Crippen molar-refractivity contribution in [2.24, 2.45) is 0 Å². The maximum atomic E-state index is 13.0. The number of hydrogen-bond acceptors (Lipinski definition) is 4. The number of nitrogens with zero attached hydrogens (tertiary/aromatic N) is 1. The summed E-state index contributed by atoms with van der Waals surface area (Å²) in [7, 11) is 0. The molecule has 14 heteroatoms. The fraction of sp³-hybridized carbons (Fsp3) is 0.136. The van der Waals surface area contributed by atoms with Gasteiger partial charge in [0.2, 0.25) is 5.88 Å². The van der Waals surface area contributed by atoms with E-state index in [0.717, 1.165) is 6.20 Å². The van der Waals surface area contributed by atoms with Crippen molar-refractivity contribution in [3.8, 4) is 5.88 Å². The number of amides is 3. The molecule has 0 bridgehead atoms. The molecule has 3 rings (SSSR count). The van der Waals surface area contributed by atoms with Crippen LogP contribution in [0.4, 0.5) is 36.8 Å². The van der Waals surface area contributed by atoms with Crippen molar-refractivity contribution in [1.82, 2.24) is 10.3 Å². The average Bonchev–Trinajstić information content (AvgIpc) is 2.77. The van der Waals surface area contributed by atoms with Gasteiger partial charge in [-0.1, -0.05) is 29.3 Å². The molecule has 1 heterocycles. The minimum absolute atomic E-state index is 0.0116. The number of carbonyl (C=O) groups excluding carboxylic acids is 2. The Morgan fingerprint density at radius 3 is 1.97 bits per heavy atom. The molecule has 0 saturated carbocycles. The van der Waals surface area contributed by atoms with Crippen LogP contribution in [0.3, 0.4) is 0 Å². The molecule has 0 fully saturated rings. The van der Waals surface area contributed by atoms with E-state index >= 15 is 0 Å². The van der Waals surface area contributed by atoms with Crippen LogP contribution in [0.2, 0.25) is 10.0 Å². The van der Waals surface area contributed by atoms with Gasteiger partial charge in [-0.3, -0.25) is 10.1 Å². The van der Waals surface area contributed by atoms with Gasteiger partial charge in [0.15, 0.2) is 0 Å². The minimum Gasteiger partial charge on any atom is -0.473 e. The molecule has 3 amide bonds. The second kappa shape index (κ2) is 10.6. The summed E-state index contributed by atoms with van der Waals surface area (Å²) in [4.78, 5) is 28.1. The number of alkyl halides is 6. The monoisotopic (exact) mass is 551 g/mol. The standard InChI is InChI=1S/C22H13Cl2F6N3O3/c23-15-2-1-3-16(24)18(15)19(34)33-20(35)32-14-4-5-17(31-9-14)36-10-11-6-12(21(25,26)27)8-13(7-11)22(28,29)30/h1-9H,10H2,(H2,32,33,34,35). The minimum atomic E-state index is -4.99. The first-order chi connectivity index (χ1) is 16.7. The van der Waals surface area contributed by atoms with Crippen LogP contribution in [0.5, 0.6) is 5.88 Å². The third-order valence-electron chi connectivity index (χ3n) is 4.45. The van der Waals surface area contributed by atoms with E-state index in [1.54, 1.807) is 0 Å². The van der Waals surface area contributed by atoms with Crippen molar-refractivity contribution in [2.45, 2.75) is 19.0 Å². The van der Waals surface area contributed by atoms with E-state index in [0.29, 0.717) is 12.1 Å². The predicted octanol–water partition coefficient (Wildman–Crippen LogP) is 6.97. The smallest absolute Gasteiger partial charge is 0.416 e. The Balaban J connectivity index is 1.63. The van der Waals surface area contributed by atoms with E-state index in [2.05, 4.69) is 10.3 Å². The van der Waals surface area contributed by atoms with Gasteiger partial charge in [0.05, 0.1) is 38.6 Å². The number of halogens is 8. The molecule has 0 unspecified atom stereocenters. The summed E-state index contributed by atoms with van der Waals surface area (Å²) >= 11 is 11.8. The number of rotatable bonds is 5. The van der Waals surface area contributed by atoms with E-state index < -0.39 is 42.0 Å². The molecule has 6 nitrogen and oxygen atoms in total. The van der Waals surface area contributed by atoms with Crippen molar-refractivity contribution >= 4 is 40.8 Å². The van der Waals surface area contributed by atoms with Crippen LogP contribution in [-0.2, 0) is 19.0 Å². The van der Waals surface area contributed by atoms with Gasteiger partial charge in [-0.15, -0.1) is 0 Å². The first-order valence-electron chi connectivity index (χ1n) is 9.67. The Hall–Kier alpha value is -3.51. The van der Waals surface area contributed by atoms with Gasteiger partial charge in [0, 0.05) is 6.07 Å². The third-order valence-corrected chi connectivity index (χ3v) is 5.08. The van der Waals surface area contributed by atoms with Crippen LogP contribution in [-0.4, -0.2) is 16.9 Å². The topological polar surface area (TPSA) is 80.3 Å². The van der Waals surface area contributed by atoms with Crippen molar-refractivity contribution in [3.05, 3.63) is 87.0 Å². The number of hydrogen-bond donors (Lipinski definition) is 2. The largest absolute Gasteiger partial charge is 0.473 e. The Bertz CT molecular complexity index is 1230. The van der Waals surface area contributed by atoms with Crippen LogP contribution in [0.15, 0.2) is 54.7 Å². The second-order valence-corrected chi connectivity index (χ2v) is 7.91. The van der Waals surface area contributed by atoms with Crippen molar-refractivity contribution in [1.29, 1.82) is 0 Å². The zero-order valence-corrected chi connectivity index (χ0v) is 19.1. The van der Waals surface area contributed by atoms with Crippen LogP contribution >= 0.6 is 23.2 Å². The lowest BCUT2D eigenvalue weighted by atomic mass is 10.1. The number of aromatic nitrogens is 1. The highest BCUT2D eigenvalue weighted by atomic mass is 35.5. The summed E-state index contributed by atoms with van der Waals surface area (Å²) in [5.41, 5.74) is -3.33. The van der Waals surface area contributed by atoms with E-state index in [1.165, 1.54) is 30.3 Å². The van der Waals surface area contributed by atoms with Crippen molar-refractivity contribution in [3.63, 3.8) is 0 Å². The van der Waals surface area contributed by atoms with E-state index in [1.807, 2.05) is 5.32 Å². The van der Waals surface area contributed by atoms with E-state index in [9.17, 15) is 35.9 Å². The molecular weight excluding hydrogens is 539 g/mol. The summed E-state index contributed by atoms with van der Waals surface area (Å²) in [6.07, 6.45) is -8.88. The van der Waals surface area contributed by atoms with Gasteiger partial charge in [0.1, 0.15) is 6.61 Å². The molecule has 2 aromatic carbocycles. The number of carbonyl (C=O) groups is 2. The molecule has 3 aromatic rings. The summed E-state index contributed by atoms with van der Waals surface area (Å²) in [5, 5.41) is 4.38. The molecule has 0 saturated heterocycles. The Morgan fingerprint density at radius 1 is 0.889 bits per heavy atom. The zero-order valence-electron chi connectivity index (χ0n) is 17.6. The number of benzene rings is 2. The molecule has 0 aliphatic heterocycles. The lowest BCUT2D eigenvalue weighted by molar-refractivity contribution is -0.143. The molecule has 190 valence electrons. The van der Waals surface area contributed by atoms with E-state index in [-0.39, 0.29) is 38.8 Å². The fourth-order valence-electron chi connectivity index (χ4n) is 2.84. The highest BCUT2D eigenvalue weighted by Crippen LogP contribution is 2.36. The van der Waals surface area contributed by atoms with Gasteiger partial charge in [-0.2, -0.15) is 26.3 Å². The molecule has 1 aromatic heterocycles. The van der Waals surface area contributed by atoms with Crippen LogP contribution in [0, 0.1) is 0 Å². The SMILES string of the molecule is O=C(NC(=O)c1c(Cl)cccc1Cl)Nc1ccc(OCc2cc(C(F)(F)F)cc(C(F)(F)F)c2)nc1. The quantitative estimate of drug-likeness (QED) is 0.336. The number of anilines is 1. The van der Waals surface area contributed by atoms with Crippen LogP contribution in [0.25, 0.3) is 0 Å². The molecule has 2 N–H and O–H groups in total. The lowest BCUT2D eigenvalue weighted by Crippen LogP contribution is -2.34. The van der Waals surface area contributed by atoms with Crippen LogP contribution in [0.1, 0.15) is 27.0 Å². The average molecular weight is 552 g/mol. The van der Waals surface area contributed by atoms with Crippen LogP contribution < -0.4 is 15.4 Å². The lowest BCUT2D eigenvalue weighted by Gasteiger charge is -2.14. The number of imide groups is 1. The number of ether oxygens (including phenoxy) is 1. The zero-order chi connectivity index (χ0) is 26.7. The molecule has 36 heavy (non-hydrogen) atoms. The maximum absolute atomic E-state index is 13.0. The van der Waals surface area contributed by atoms with E-state index in [4.69, 9.17) is 27.9 Å². The number of urea groups is 1. The molecule has 0 aliphatic rings. The Labute approximate surface area is 209 Å². The molecule has 0 radical (unpaired) electrons. The second-order valence-electron chi connectivity index (χ2n) is 7.09. The number of pyridine rings is 1. The highest BCUT2D eigenvalue weighted by molar-refractivity contribution is 6.40. The normalized spacial score (nSPS) is 11.7. The summed E-state index contributed by atoms with van der Waals surface area (Å²) in [6, 6.07) is 6.96. The number of nitrogens with one attached hydrogen (secondary N) is 2. The van der Waals surface area contributed by atoms with Crippen molar-refractivity contribution < 1.29 is 40.7 Å². The summed E-state index contributed by atoms with van der Waals surface area (Å²) < 4.78 is 83.0. The maximum Gasteiger partial charge on any atom is 0.416 e. The van der Waals surface area contributed by atoms with Crippen molar-refractivity contribution in [2.75, 3.05) is 5.32 Å². The van der Waals surface area contributed by atoms with Gasteiger partial charge < -0.3 is 10.1 Å². The highest BCUT2D eigenvalue weighted by Gasteiger charge is 2.36.